The van der Waals surface area contributed by atoms with Crippen LogP contribution in [0.15, 0.2) is 28.7 Å². The zero-order valence-corrected chi connectivity index (χ0v) is 12.1. The van der Waals surface area contributed by atoms with E-state index in [2.05, 4.69) is 21.2 Å². The summed E-state index contributed by atoms with van der Waals surface area (Å²) in [7, 11) is -2.96. The summed E-state index contributed by atoms with van der Waals surface area (Å²) in [4.78, 5) is 0. The monoisotopic (exact) mass is 317 g/mol. The lowest BCUT2D eigenvalue weighted by Gasteiger charge is -2.16. The van der Waals surface area contributed by atoms with Gasteiger partial charge < -0.3 is 5.32 Å². The Morgan fingerprint density at radius 3 is 2.82 bits per heavy atom. The van der Waals surface area contributed by atoms with E-state index in [4.69, 9.17) is 0 Å². The van der Waals surface area contributed by atoms with E-state index in [1.165, 1.54) is 0 Å². The number of hydrogen-bond donors (Lipinski definition) is 1. The first-order valence-corrected chi connectivity index (χ1v) is 8.27. The molecule has 1 aliphatic rings. The normalized spacial score (nSPS) is 28.6. The Hall–Kier alpha value is -0.390. The Balaban J connectivity index is 2.27. The lowest BCUT2D eigenvalue weighted by Crippen LogP contribution is -2.26. The Labute approximate surface area is 111 Å². The van der Waals surface area contributed by atoms with Crippen LogP contribution in [-0.2, 0) is 9.84 Å². The fourth-order valence-electron chi connectivity index (χ4n) is 2.15. The zero-order valence-electron chi connectivity index (χ0n) is 9.69. The molecule has 1 heterocycles. The summed E-state index contributed by atoms with van der Waals surface area (Å²) in [6.45, 7) is 2.71. The molecule has 0 saturated carbocycles. The minimum absolute atomic E-state index is 0.0950. The molecule has 17 heavy (non-hydrogen) atoms. The molecule has 5 heteroatoms. The van der Waals surface area contributed by atoms with Crippen molar-refractivity contribution >= 4 is 25.8 Å². The predicted octanol–water partition coefficient (Wildman–Crippen LogP) is 2.14. The van der Waals surface area contributed by atoms with E-state index in [9.17, 15) is 8.42 Å². The first-order valence-electron chi connectivity index (χ1n) is 5.65. The highest BCUT2D eigenvalue weighted by molar-refractivity contribution is 9.10. The average molecular weight is 318 g/mol. The minimum atomic E-state index is -2.96. The lowest BCUT2D eigenvalue weighted by molar-refractivity contribution is 0.517. The van der Waals surface area contributed by atoms with Crippen LogP contribution in [0, 0.1) is 5.92 Å². The predicted molar refractivity (Wildman–Crippen MR) is 72.7 cm³/mol. The van der Waals surface area contributed by atoms with E-state index in [1.807, 2.05) is 31.2 Å². The molecule has 3 nitrogen and oxygen atoms in total. The van der Waals surface area contributed by atoms with Gasteiger partial charge in [0, 0.05) is 10.5 Å². The molecule has 0 radical (unpaired) electrons. The van der Waals surface area contributed by atoms with E-state index < -0.39 is 9.84 Å². The Morgan fingerprint density at radius 1 is 1.35 bits per heavy atom. The van der Waals surface area contributed by atoms with Gasteiger partial charge in [0.1, 0.15) is 0 Å². The van der Waals surface area contributed by atoms with Crippen LogP contribution in [0.3, 0.4) is 0 Å². The van der Waals surface area contributed by atoms with E-state index in [1.54, 1.807) is 0 Å². The van der Waals surface area contributed by atoms with Crippen LogP contribution in [0.1, 0.15) is 18.5 Å². The highest BCUT2D eigenvalue weighted by Gasteiger charge is 2.26. The third-order valence-electron chi connectivity index (χ3n) is 2.92. The van der Waals surface area contributed by atoms with Gasteiger partial charge in [-0.05, 0) is 30.2 Å². The van der Waals surface area contributed by atoms with Crippen molar-refractivity contribution in [3.8, 4) is 0 Å². The van der Waals surface area contributed by atoms with Gasteiger partial charge >= 0.3 is 0 Å². The Morgan fingerprint density at radius 2 is 2.12 bits per heavy atom. The molecule has 0 aliphatic carbocycles. The van der Waals surface area contributed by atoms with Crippen molar-refractivity contribution in [1.29, 1.82) is 0 Å². The summed E-state index contributed by atoms with van der Waals surface area (Å²) in [6.07, 6.45) is 0. The van der Waals surface area contributed by atoms with Crippen molar-refractivity contribution in [2.45, 2.75) is 13.0 Å². The van der Waals surface area contributed by atoms with E-state index in [0.717, 1.165) is 16.6 Å². The summed E-state index contributed by atoms with van der Waals surface area (Å²) in [5.41, 5.74) is 1.03. The smallest absolute Gasteiger partial charge is 0.152 e. The number of hydrogen-bond acceptors (Lipinski definition) is 3. The fourth-order valence-corrected chi connectivity index (χ4v) is 4.51. The number of nitrogens with one attached hydrogen (secondary N) is 1. The van der Waals surface area contributed by atoms with Gasteiger partial charge in [-0.25, -0.2) is 8.42 Å². The largest absolute Gasteiger partial charge is 0.309 e. The van der Waals surface area contributed by atoms with Crippen LogP contribution >= 0.6 is 15.9 Å². The van der Waals surface area contributed by atoms with Gasteiger partial charge in [0.05, 0.1) is 11.5 Å². The maximum absolute atomic E-state index is 11.9. The van der Waals surface area contributed by atoms with Crippen molar-refractivity contribution in [2.75, 3.05) is 18.1 Å². The topological polar surface area (TPSA) is 46.2 Å². The van der Waals surface area contributed by atoms with Gasteiger partial charge in [-0.3, -0.25) is 0 Å². The molecule has 1 aromatic rings. The van der Waals surface area contributed by atoms with Crippen LogP contribution in [0.2, 0.25) is 0 Å². The molecule has 0 aromatic heterocycles. The summed E-state index contributed by atoms with van der Waals surface area (Å²) in [6, 6.07) is 7.72. The molecule has 0 bridgehead atoms. The van der Waals surface area contributed by atoms with E-state index >= 15 is 0 Å². The molecule has 1 N–H and O–H groups in total. The van der Waals surface area contributed by atoms with E-state index in [0.29, 0.717) is 0 Å². The highest BCUT2D eigenvalue weighted by Crippen LogP contribution is 2.22. The van der Waals surface area contributed by atoms with Crippen molar-refractivity contribution < 1.29 is 8.42 Å². The molecule has 94 valence electrons. The highest BCUT2D eigenvalue weighted by atomic mass is 79.9. The SMILES string of the molecule is CC1CNC(c2cccc(Br)c2)CS(=O)(=O)C1. The number of rotatable bonds is 1. The molecule has 1 fully saturated rings. The van der Waals surface area contributed by atoms with Crippen LogP contribution in [0.5, 0.6) is 0 Å². The van der Waals surface area contributed by atoms with Gasteiger partial charge in [0.2, 0.25) is 0 Å². The van der Waals surface area contributed by atoms with Crippen molar-refractivity contribution in [3.05, 3.63) is 34.3 Å². The van der Waals surface area contributed by atoms with Gasteiger partial charge in [0.25, 0.3) is 0 Å². The summed E-state index contributed by atoms with van der Waals surface area (Å²) < 4.78 is 24.8. The molecule has 1 aromatic carbocycles. The molecular formula is C12H16BrNO2S. The first kappa shape index (κ1) is 13.1. The third-order valence-corrected chi connectivity index (χ3v) is 5.33. The molecule has 0 spiro atoms. The number of halogens is 1. The van der Waals surface area contributed by atoms with Crippen molar-refractivity contribution in [3.63, 3.8) is 0 Å². The van der Waals surface area contributed by atoms with Gasteiger partial charge in [-0.1, -0.05) is 35.0 Å². The Kier molecular flexibility index (Phi) is 3.90. The molecule has 2 unspecified atom stereocenters. The summed E-state index contributed by atoms with van der Waals surface area (Å²) in [5, 5.41) is 3.33. The number of benzene rings is 1. The molecular weight excluding hydrogens is 302 g/mol. The van der Waals surface area contributed by atoms with Crippen molar-refractivity contribution in [1.82, 2.24) is 5.32 Å². The zero-order chi connectivity index (χ0) is 12.5. The lowest BCUT2D eigenvalue weighted by atomic mass is 10.1. The second-order valence-electron chi connectivity index (χ2n) is 4.70. The van der Waals surface area contributed by atoms with Crippen LogP contribution < -0.4 is 5.32 Å². The van der Waals surface area contributed by atoms with Gasteiger partial charge in [-0.15, -0.1) is 0 Å². The first-order chi connectivity index (χ1) is 7.96. The molecule has 0 amide bonds. The van der Waals surface area contributed by atoms with Gasteiger partial charge in [0.15, 0.2) is 9.84 Å². The third kappa shape index (κ3) is 3.53. The molecule has 1 saturated heterocycles. The molecule has 2 atom stereocenters. The summed E-state index contributed by atoms with van der Waals surface area (Å²) >= 11 is 3.41. The van der Waals surface area contributed by atoms with Crippen LogP contribution in [0.25, 0.3) is 0 Å². The quantitative estimate of drug-likeness (QED) is 0.863. The maximum atomic E-state index is 11.9. The molecule has 2 rings (SSSR count). The minimum Gasteiger partial charge on any atom is -0.309 e. The maximum Gasteiger partial charge on any atom is 0.152 e. The second kappa shape index (κ2) is 5.08. The van der Waals surface area contributed by atoms with E-state index in [-0.39, 0.29) is 23.5 Å². The van der Waals surface area contributed by atoms with Crippen LogP contribution in [0.4, 0.5) is 0 Å². The fraction of sp³-hybridized carbons (Fsp3) is 0.500. The molecule has 1 aliphatic heterocycles. The van der Waals surface area contributed by atoms with Crippen molar-refractivity contribution in [2.24, 2.45) is 5.92 Å². The standard InChI is InChI=1S/C12H16BrNO2S/c1-9-6-14-12(8-17(15,16)7-9)10-3-2-4-11(13)5-10/h2-5,9,12,14H,6-8H2,1H3. The summed E-state index contributed by atoms with van der Waals surface area (Å²) in [5.74, 6) is 0.648. The average Bonchev–Trinajstić information content (AvgIpc) is 2.36. The second-order valence-corrected chi connectivity index (χ2v) is 7.77. The Bertz CT molecular complexity index is 501. The van der Waals surface area contributed by atoms with Gasteiger partial charge in [-0.2, -0.15) is 0 Å². The van der Waals surface area contributed by atoms with Crippen LogP contribution in [-0.4, -0.2) is 26.5 Å². The number of sulfone groups is 1.